The smallest absolute Gasteiger partial charge is 0.203 e. The van der Waals surface area contributed by atoms with E-state index in [0.29, 0.717) is 11.6 Å². The molecule has 1 saturated carbocycles. The topological polar surface area (TPSA) is 29.9 Å². The van der Waals surface area contributed by atoms with Gasteiger partial charge in [-0.1, -0.05) is 6.92 Å². The van der Waals surface area contributed by atoms with Gasteiger partial charge in [0.15, 0.2) is 0 Å². The minimum Gasteiger partial charge on any atom is -0.350 e. The van der Waals surface area contributed by atoms with E-state index in [4.69, 9.17) is 0 Å². The van der Waals surface area contributed by atoms with Gasteiger partial charge in [0.2, 0.25) is 5.95 Å². The average molecular weight is 221 g/mol. The number of hydrogen-bond donors (Lipinski definition) is 1. The van der Waals surface area contributed by atoms with Gasteiger partial charge in [0.25, 0.3) is 0 Å². The summed E-state index contributed by atoms with van der Waals surface area (Å²) in [6, 6.07) is 0.470. The van der Waals surface area contributed by atoms with Crippen LogP contribution >= 0.6 is 0 Å². The van der Waals surface area contributed by atoms with Gasteiger partial charge in [-0.15, -0.1) is 0 Å². The van der Waals surface area contributed by atoms with Gasteiger partial charge in [-0.05, 0) is 46.5 Å². The third-order valence-corrected chi connectivity index (χ3v) is 3.77. The molecule has 3 nitrogen and oxygen atoms in total. The average Bonchev–Trinajstić information content (AvgIpc) is 2.53. The van der Waals surface area contributed by atoms with Crippen LogP contribution in [0.25, 0.3) is 0 Å². The summed E-state index contributed by atoms with van der Waals surface area (Å²) in [5.74, 6) is 1.05. The second-order valence-electron chi connectivity index (χ2n) is 5.32. The van der Waals surface area contributed by atoms with E-state index in [-0.39, 0.29) is 0 Å². The molecule has 0 spiro atoms. The van der Waals surface area contributed by atoms with Gasteiger partial charge in [-0.2, -0.15) is 0 Å². The van der Waals surface area contributed by atoms with Crippen LogP contribution in [0.3, 0.4) is 0 Å². The summed E-state index contributed by atoms with van der Waals surface area (Å²) in [5, 5.41) is 3.66. The molecule has 0 aliphatic heterocycles. The third kappa shape index (κ3) is 1.95. The second-order valence-corrected chi connectivity index (χ2v) is 5.32. The van der Waals surface area contributed by atoms with Crippen molar-refractivity contribution >= 4 is 5.95 Å². The van der Waals surface area contributed by atoms with Crippen LogP contribution in [0.15, 0.2) is 6.20 Å². The highest BCUT2D eigenvalue weighted by molar-refractivity contribution is 5.34. The van der Waals surface area contributed by atoms with Crippen LogP contribution in [0.2, 0.25) is 0 Å². The van der Waals surface area contributed by atoms with Crippen molar-refractivity contribution in [2.75, 3.05) is 5.32 Å². The number of aromatic nitrogens is 2. The Morgan fingerprint density at radius 3 is 2.62 bits per heavy atom. The lowest BCUT2D eigenvalue weighted by Crippen LogP contribution is -2.45. The zero-order valence-corrected chi connectivity index (χ0v) is 10.9. The minimum absolute atomic E-state index is 0.324. The molecule has 0 aromatic carbocycles. The summed E-state index contributed by atoms with van der Waals surface area (Å²) in [6.07, 6.45) is 7.25. The predicted molar refractivity (Wildman–Crippen MR) is 67.8 cm³/mol. The molecule has 1 aliphatic carbocycles. The lowest BCUT2D eigenvalue weighted by Gasteiger charge is -2.42. The van der Waals surface area contributed by atoms with E-state index in [9.17, 15) is 0 Å². The number of aryl methyl sites for hydroxylation is 1. The molecule has 90 valence electrons. The first-order valence-electron chi connectivity index (χ1n) is 6.40. The van der Waals surface area contributed by atoms with Gasteiger partial charge in [0.1, 0.15) is 0 Å². The molecule has 1 fully saturated rings. The Morgan fingerprint density at radius 2 is 2.19 bits per heavy atom. The monoisotopic (exact) mass is 221 g/mol. The first-order valence-corrected chi connectivity index (χ1v) is 6.40. The van der Waals surface area contributed by atoms with Crippen molar-refractivity contribution in [1.29, 1.82) is 0 Å². The standard InChI is InChI=1S/C13H23N3/c1-5-13(7-6-8-13)15-12-14-11(4)9-16(12)10(2)3/h9-10H,5-8H2,1-4H3,(H,14,15). The molecule has 0 bridgehead atoms. The predicted octanol–water partition coefficient (Wildman–Crippen LogP) is 3.52. The Kier molecular flexibility index (Phi) is 2.96. The number of anilines is 1. The Labute approximate surface area is 98.3 Å². The highest BCUT2D eigenvalue weighted by atomic mass is 15.2. The van der Waals surface area contributed by atoms with Crippen LogP contribution in [-0.2, 0) is 0 Å². The van der Waals surface area contributed by atoms with Crippen LogP contribution in [-0.4, -0.2) is 15.1 Å². The second kappa shape index (κ2) is 4.11. The number of rotatable bonds is 4. The fraction of sp³-hybridized carbons (Fsp3) is 0.769. The molecule has 3 heteroatoms. The number of nitrogens with zero attached hydrogens (tertiary/aromatic N) is 2. The van der Waals surface area contributed by atoms with Crippen LogP contribution in [0.4, 0.5) is 5.95 Å². The van der Waals surface area contributed by atoms with Crippen molar-refractivity contribution in [2.24, 2.45) is 0 Å². The van der Waals surface area contributed by atoms with E-state index in [1.165, 1.54) is 25.7 Å². The lowest BCUT2D eigenvalue weighted by atomic mass is 9.75. The van der Waals surface area contributed by atoms with Crippen molar-refractivity contribution in [3.05, 3.63) is 11.9 Å². The number of hydrogen-bond acceptors (Lipinski definition) is 2. The molecule has 0 radical (unpaired) electrons. The zero-order valence-electron chi connectivity index (χ0n) is 10.9. The summed E-state index contributed by atoms with van der Waals surface area (Å²) in [5.41, 5.74) is 1.42. The SMILES string of the molecule is CCC1(Nc2nc(C)cn2C(C)C)CCC1. The molecule has 0 saturated heterocycles. The van der Waals surface area contributed by atoms with E-state index in [2.05, 4.69) is 48.8 Å². The van der Waals surface area contributed by atoms with Crippen LogP contribution in [0, 0.1) is 6.92 Å². The number of nitrogens with one attached hydrogen (secondary N) is 1. The first kappa shape index (κ1) is 11.5. The molecule has 1 aromatic heterocycles. The Balaban J connectivity index is 2.20. The Hall–Kier alpha value is -0.990. The summed E-state index contributed by atoms with van der Waals surface area (Å²) in [7, 11) is 0. The van der Waals surface area contributed by atoms with Gasteiger partial charge < -0.3 is 9.88 Å². The summed E-state index contributed by atoms with van der Waals surface area (Å²) in [4.78, 5) is 4.60. The minimum atomic E-state index is 0.324. The Bertz CT molecular complexity index is 356. The molecule has 1 aliphatic rings. The third-order valence-electron chi connectivity index (χ3n) is 3.77. The van der Waals surface area contributed by atoms with Crippen molar-refractivity contribution in [3.8, 4) is 0 Å². The van der Waals surface area contributed by atoms with Crippen molar-refractivity contribution in [1.82, 2.24) is 9.55 Å². The largest absolute Gasteiger partial charge is 0.350 e. The van der Waals surface area contributed by atoms with Gasteiger partial charge in [0, 0.05) is 17.8 Å². The van der Waals surface area contributed by atoms with Gasteiger partial charge in [-0.3, -0.25) is 0 Å². The maximum Gasteiger partial charge on any atom is 0.203 e. The first-order chi connectivity index (χ1) is 7.56. The van der Waals surface area contributed by atoms with Crippen LogP contribution in [0.5, 0.6) is 0 Å². The molecule has 1 heterocycles. The van der Waals surface area contributed by atoms with Crippen LogP contribution in [0.1, 0.15) is 58.2 Å². The van der Waals surface area contributed by atoms with E-state index in [1.54, 1.807) is 0 Å². The number of imidazole rings is 1. The molecule has 0 amide bonds. The van der Waals surface area contributed by atoms with E-state index >= 15 is 0 Å². The molecule has 0 atom stereocenters. The van der Waals surface area contributed by atoms with Crippen molar-refractivity contribution in [3.63, 3.8) is 0 Å². The molecular weight excluding hydrogens is 198 g/mol. The molecule has 16 heavy (non-hydrogen) atoms. The Morgan fingerprint density at radius 1 is 1.50 bits per heavy atom. The van der Waals surface area contributed by atoms with Gasteiger partial charge in [0.05, 0.1) is 5.69 Å². The van der Waals surface area contributed by atoms with E-state index in [1.807, 2.05) is 0 Å². The molecule has 1 N–H and O–H groups in total. The fourth-order valence-electron chi connectivity index (χ4n) is 2.41. The van der Waals surface area contributed by atoms with Crippen LogP contribution < -0.4 is 5.32 Å². The van der Waals surface area contributed by atoms with E-state index in [0.717, 1.165) is 11.6 Å². The highest BCUT2D eigenvalue weighted by Gasteiger charge is 2.36. The maximum absolute atomic E-state index is 4.60. The zero-order chi connectivity index (χ0) is 11.8. The summed E-state index contributed by atoms with van der Waals surface area (Å²) < 4.78 is 2.24. The van der Waals surface area contributed by atoms with Crippen molar-refractivity contribution < 1.29 is 0 Å². The fourth-order valence-corrected chi connectivity index (χ4v) is 2.41. The maximum atomic E-state index is 4.60. The molecule has 1 aromatic rings. The summed E-state index contributed by atoms with van der Waals surface area (Å²) >= 11 is 0. The van der Waals surface area contributed by atoms with Gasteiger partial charge >= 0.3 is 0 Å². The highest BCUT2D eigenvalue weighted by Crippen LogP contribution is 2.38. The lowest BCUT2D eigenvalue weighted by molar-refractivity contribution is 0.266. The molecular formula is C13H23N3. The molecule has 2 rings (SSSR count). The normalized spacial score (nSPS) is 18.6. The van der Waals surface area contributed by atoms with Crippen molar-refractivity contribution in [2.45, 2.75) is 65.0 Å². The molecule has 0 unspecified atom stereocenters. The van der Waals surface area contributed by atoms with Gasteiger partial charge in [-0.25, -0.2) is 4.98 Å². The van der Waals surface area contributed by atoms with E-state index < -0.39 is 0 Å². The quantitative estimate of drug-likeness (QED) is 0.843. The summed E-state index contributed by atoms with van der Waals surface area (Å²) in [6.45, 7) is 8.72.